The number of hydrogen-bond acceptors (Lipinski definition) is 4. The molecule has 1 aromatic heterocycles. The molecular weight excluding hydrogens is 195 g/mol. The van der Waals surface area contributed by atoms with Crippen LogP contribution in [0.4, 0.5) is 10.2 Å². The van der Waals surface area contributed by atoms with E-state index in [0.717, 1.165) is 0 Å². The van der Waals surface area contributed by atoms with E-state index >= 15 is 0 Å². The Morgan fingerprint density at radius 3 is 2.80 bits per heavy atom. The molecule has 0 aromatic carbocycles. The highest BCUT2D eigenvalue weighted by molar-refractivity contribution is 5.37. The van der Waals surface area contributed by atoms with E-state index in [4.69, 9.17) is 5.26 Å². The van der Waals surface area contributed by atoms with Crippen molar-refractivity contribution in [3.8, 4) is 6.07 Å². The Balaban J connectivity index is 2.84. The molecule has 0 atom stereocenters. The Morgan fingerprint density at radius 2 is 2.27 bits per heavy atom. The van der Waals surface area contributed by atoms with Crippen molar-refractivity contribution >= 4 is 5.82 Å². The quantitative estimate of drug-likeness (QED) is 0.707. The van der Waals surface area contributed by atoms with Gasteiger partial charge in [-0.15, -0.1) is 0 Å². The lowest BCUT2D eigenvalue weighted by Crippen LogP contribution is -2.32. The third kappa shape index (κ3) is 3.17. The topological polar surface area (TPSA) is 52.8 Å². The lowest BCUT2D eigenvalue weighted by molar-refractivity contribution is 0.574. The first kappa shape index (κ1) is 11.4. The average molecular weight is 208 g/mol. The molecule has 1 heterocycles. The van der Waals surface area contributed by atoms with Gasteiger partial charge in [0.1, 0.15) is 12.1 Å². The number of nitrogens with zero attached hydrogens (tertiary/aromatic N) is 4. The van der Waals surface area contributed by atoms with Gasteiger partial charge in [0.25, 0.3) is 0 Å². The van der Waals surface area contributed by atoms with Crippen LogP contribution in [-0.2, 0) is 0 Å². The zero-order chi connectivity index (χ0) is 11.3. The summed E-state index contributed by atoms with van der Waals surface area (Å²) >= 11 is 0. The van der Waals surface area contributed by atoms with Gasteiger partial charge in [-0.05, 0) is 13.8 Å². The van der Waals surface area contributed by atoms with Gasteiger partial charge in [0, 0.05) is 18.7 Å². The van der Waals surface area contributed by atoms with Crippen LogP contribution in [0, 0.1) is 17.3 Å². The van der Waals surface area contributed by atoms with Gasteiger partial charge >= 0.3 is 0 Å². The molecule has 5 heteroatoms. The zero-order valence-corrected chi connectivity index (χ0v) is 8.81. The molecule has 0 unspecified atom stereocenters. The van der Waals surface area contributed by atoms with Crippen molar-refractivity contribution in [2.75, 3.05) is 11.4 Å². The number of aromatic nitrogens is 2. The SMILES string of the molecule is CC(C)N(CCC#N)c1cc(F)ncn1. The Hall–Kier alpha value is -1.70. The van der Waals surface area contributed by atoms with Crippen molar-refractivity contribution in [2.45, 2.75) is 26.3 Å². The van der Waals surface area contributed by atoms with Gasteiger partial charge in [-0.1, -0.05) is 0 Å². The summed E-state index contributed by atoms with van der Waals surface area (Å²) in [5.41, 5.74) is 0. The summed E-state index contributed by atoms with van der Waals surface area (Å²) in [4.78, 5) is 9.24. The van der Waals surface area contributed by atoms with Crippen molar-refractivity contribution in [1.29, 1.82) is 5.26 Å². The summed E-state index contributed by atoms with van der Waals surface area (Å²) in [6.07, 6.45) is 1.58. The Bertz CT molecular complexity index is 359. The summed E-state index contributed by atoms with van der Waals surface area (Å²) in [6, 6.07) is 3.51. The fourth-order valence-corrected chi connectivity index (χ4v) is 1.29. The average Bonchev–Trinajstić information content (AvgIpc) is 2.18. The lowest BCUT2D eigenvalue weighted by atomic mass is 10.3. The molecule has 0 aliphatic heterocycles. The molecule has 0 fully saturated rings. The first-order valence-corrected chi connectivity index (χ1v) is 4.76. The Labute approximate surface area is 88.4 Å². The highest BCUT2D eigenvalue weighted by Gasteiger charge is 2.12. The van der Waals surface area contributed by atoms with Crippen molar-refractivity contribution in [2.24, 2.45) is 0 Å². The highest BCUT2D eigenvalue weighted by Crippen LogP contribution is 2.13. The predicted octanol–water partition coefficient (Wildman–Crippen LogP) is 1.74. The minimum Gasteiger partial charge on any atom is -0.353 e. The first-order valence-electron chi connectivity index (χ1n) is 4.76. The van der Waals surface area contributed by atoms with Gasteiger partial charge in [0.15, 0.2) is 0 Å². The smallest absolute Gasteiger partial charge is 0.218 e. The van der Waals surface area contributed by atoms with Gasteiger partial charge in [0.05, 0.1) is 12.5 Å². The van der Waals surface area contributed by atoms with Crippen molar-refractivity contribution in [1.82, 2.24) is 9.97 Å². The fourth-order valence-electron chi connectivity index (χ4n) is 1.29. The number of hydrogen-bond donors (Lipinski definition) is 0. The van der Waals surface area contributed by atoms with Gasteiger partial charge < -0.3 is 4.90 Å². The van der Waals surface area contributed by atoms with E-state index in [9.17, 15) is 4.39 Å². The molecule has 1 rings (SSSR count). The third-order valence-corrected chi connectivity index (χ3v) is 2.00. The van der Waals surface area contributed by atoms with Crippen molar-refractivity contribution in [3.05, 3.63) is 18.3 Å². The number of anilines is 1. The van der Waals surface area contributed by atoms with Crippen LogP contribution in [0.2, 0.25) is 0 Å². The molecular formula is C10H13FN4. The molecule has 1 aromatic rings. The van der Waals surface area contributed by atoms with E-state index in [1.165, 1.54) is 12.4 Å². The number of halogens is 1. The van der Waals surface area contributed by atoms with E-state index in [2.05, 4.69) is 16.0 Å². The van der Waals surface area contributed by atoms with Crippen LogP contribution in [0.25, 0.3) is 0 Å². The summed E-state index contributed by atoms with van der Waals surface area (Å²) in [5, 5.41) is 8.51. The second-order valence-corrected chi connectivity index (χ2v) is 3.39. The maximum absolute atomic E-state index is 12.9. The second-order valence-electron chi connectivity index (χ2n) is 3.39. The normalized spacial score (nSPS) is 10.1. The van der Waals surface area contributed by atoms with E-state index in [1.54, 1.807) is 0 Å². The predicted molar refractivity (Wildman–Crippen MR) is 54.7 cm³/mol. The summed E-state index contributed by atoms with van der Waals surface area (Å²) < 4.78 is 12.9. The van der Waals surface area contributed by atoms with Crippen LogP contribution in [0.3, 0.4) is 0 Å². The molecule has 0 saturated heterocycles. The third-order valence-electron chi connectivity index (χ3n) is 2.00. The molecule has 0 aliphatic rings. The Morgan fingerprint density at radius 1 is 1.53 bits per heavy atom. The number of nitriles is 1. The van der Waals surface area contributed by atoms with Crippen LogP contribution < -0.4 is 4.90 Å². The Kier molecular flexibility index (Phi) is 3.98. The van der Waals surface area contributed by atoms with Crippen LogP contribution in [-0.4, -0.2) is 22.6 Å². The van der Waals surface area contributed by atoms with Gasteiger partial charge in [-0.25, -0.2) is 9.97 Å². The second kappa shape index (κ2) is 5.25. The first-order chi connectivity index (χ1) is 7.15. The molecule has 0 aliphatic carbocycles. The molecule has 0 saturated carbocycles. The highest BCUT2D eigenvalue weighted by atomic mass is 19.1. The van der Waals surface area contributed by atoms with Gasteiger partial charge in [-0.2, -0.15) is 9.65 Å². The van der Waals surface area contributed by atoms with E-state index in [-0.39, 0.29) is 6.04 Å². The molecule has 4 nitrogen and oxygen atoms in total. The molecule has 0 radical (unpaired) electrons. The van der Waals surface area contributed by atoms with Crippen LogP contribution in [0.15, 0.2) is 12.4 Å². The molecule has 0 N–H and O–H groups in total. The van der Waals surface area contributed by atoms with Gasteiger partial charge in [-0.3, -0.25) is 0 Å². The minimum absolute atomic E-state index is 0.174. The lowest BCUT2D eigenvalue weighted by Gasteiger charge is -2.26. The van der Waals surface area contributed by atoms with Crippen LogP contribution >= 0.6 is 0 Å². The molecule has 0 bridgehead atoms. The van der Waals surface area contributed by atoms with E-state index in [0.29, 0.717) is 18.8 Å². The molecule has 15 heavy (non-hydrogen) atoms. The summed E-state index contributed by atoms with van der Waals surface area (Å²) in [6.45, 7) is 4.49. The largest absolute Gasteiger partial charge is 0.353 e. The van der Waals surface area contributed by atoms with Gasteiger partial charge in [0.2, 0.25) is 5.95 Å². The van der Waals surface area contributed by atoms with E-state index < -0.39 is 5.95 Å². The summed E-state index contributed by atoms with van der Waals surface area (Å²) in [7, 11) is 0. The maximum atomic E-state index is 12.9. The van der Waals surface area contributed by atoms with E-state index in [1.807, 2.05) is 18.7 Å². The minimum atomic E-state index is -0.553. The fraction of sp³-hybridized carbons (Fsp3) is 0.500. The standard InChI is InChI=1S/C10H13FN4/c1-8(2)15(5-3-4-12)10-6-9(11)13-7-14-10/h6-8H,3,5H2,1-2H3. The summed E-state index contributed by atoms with van der Waals surface area (Å²) in [5.74, 6) is -0.0321. The van der Waals surface area contributed by atoms with Crippen molar-refractivity contribution in [3.63, 3.8) is 0 Å². The molecule has 0 amide bonds. The molecule has 0 spiro atoms. The maximum Gasteiger partial charge on any atom is 0.218 e. The zero-order valence-electron chi connectivity index (χ0n) is 8.81. The monoisotopic (exact) mass is 208 g/mol. The molecule has 80 valence electrons. The number of rotatable bonds is 4. The van der Waals surface area contributed by atoms with Crippen LogP contribution in [0.1, 0.15) is 20.3 Å². The van der Waals surface area contributed by atoms with Crippen LogP contribution in [0.5, 0.6) is 0 Å². The van der Waals surface area contributed by atoms with Crippen molar-refractivity contribution < 1.29 is 4.39 Å².